The van der Waals surface area contributed by atoms with Crippen LogP contribution in [0.1, 0.15) is 26.7 Å². The van der Waals surface area contributed by atoms with E-state index in [0.717, 1.165) is 0 Å². The maximum atomic E-state index is 12.5. The molecule has 156 valence electrons. The summed E-state index contributed by atoms with van der Waals surface area (Å²) in [6.07, 6.45) is 2.77. The zero-order valence-electron chi connectivity index (χ0n) is 15.9. The molecule has 6 N–H and O–H groups in total. The van der Waals surface area contributed by atoms with E-state index in [2.05, 4.69) is 28.6 Å². The first kappa shape index (κ1) is 25.5. The third kappa shape index (κ3) is 9.87. The van der Waals surface area contributed by atoms with Gasteiger partial charge in [-0.15, -0.1) is 0 Å². The molecule has 0 aromatic heterocycles. The summed E-state index contributed by atoms with van der Waals surface area (Å²) in [6.45, 7) is 3.23. The Morgan fingerprint density at radius 1 is 1.19 bits per heavy atom. The third-order valence-electron chi connectivity index (χ3n) is 4.00. The molecule has 0 radical (unpaired) electrons. The Bertz CT molecular complexity index is 521. The number of hydrogen-bond acceptors (Lipinski definition) is 7. The van der Waals surface area contributed by atoms with Gasteiger partial charge >= 0.3 is 5.97 Å². The molecule has 0 rings (SSSR count). The third-order valence-corrected chi connectivity index (χ3v) is 5.03. The molecule has 0 spiro atoms. The van der Waals surface area contributed by atoms with Gasteiger partial charge in [0.25, 0.3) is 0 Å². The number of thioether (sulfide) groups is 1. The highest BCUT2D eigenvalue weighted by Crippen LogP contribution is 2.09. The number of rotatable bonds is 13. The number of thiol groups is 1. The SMILES string of the molecule is CCC(C)C(NC(=O)C(CCSC)NC(=O)CNC(=O)C(N)CS)C(=O)O. The lowest BCUT2D eigenvalue weighted by molar-refractivity contribution is -0.143. The van der Waals surface area contributed by atoms with E-state index in [1.54, 1.807) is 6.92 Å². The highest BCUT2D eigenvalue weighted by molar-refractivity contribution is 7.98. The fourth-order valence-electron chi connectivity index (χ4n) is 2.07. The lowest BCUT2D eigenvalue weighted by Gasteiger charge is -2.24. The number of hydrogen-bond donors (Lipinski definition) is 6. The van der Waals surface area contributed by atoms with Crippen molar-refractivity contribution in [3.8, 4) is 0 Å². The van der Waals surface area contributed by atoms with Crippen LogP contribution in [0.3, 0.4) is 0 Å². The maximum absolute atomic E-state index is 12.5. The maximum Gasteiger partial charge on any atom is 0.326 e. The topological polar surface area (TPSA) is 151 Å². The smallest absolute Gasteiger partial charge is 0.326 e. The Labute approximate surface area is 169 Å². The van der Waals surface area contributed by atoms with Gasteiger partial charge in [0.2, 0.25) is 17.7 Å². The van der Waals surface area contributed by atoms with Gasteiger partial charge < -0.3 is 26.8 Å². The number of amides is 3. The lowest BCUT2D eigenvalue weighted by atomic mass is 9.99. The van der Waals surface area contributed by atoms with Crippen molar-refractivity contribution in [1.29, 1.82) is 0 Å². The standard InChI is InChI=1S/C16H30N4O5S2/c1-4-9(2)13(16(24)25)20-15(23)11(5-6-27-3)19-12(21)7-18-14(22)10(17)8-26/h9-11,13,26H,4-8,17H2,1-3H3,(H,18,22)(H,19,21)(H,20,23)(H,24,25). The Morgan fingerprint density at radius 2 is 1.81 bits per heavy atom. The minimum absolute atomic E-state index is 0.137. The van der Waals surface area contributed by atoms with E-state index in [4.69, 9.17) is 5.73 Å². The van der Waals surface area contributed by atoms with E-state index >= 15 is 0 Å². The van der Waals surface area contributed by atoms with Crippen molar-refractivity contribution in [1.82, 2.24) is 16.0 Å². The summed E-state index contributed by atoms with van der Waals surface area (Å²) >= 11 is 5.40. The quantitative estimate of drug-likeness (QED) is 0.213. The molecule has 0 aliphatic heterocycles. The van der Waals surface area contributed by atoms with Crippen LogP contribution in [0.15, 0.2) is 0 Å². The molecule has 0 fully saturated rings. The van der Waals surface area contributed by atoms with E-state index in [0.29, 0.717) is 18.6 Å². The first-order valence-electron chi connectivity index (χ1n) is 8.63. The minimum Gasteiger partial charge on any atom is -0.480 e. The van der Waals surface area contributed by atoms with Gasteiger partial charge in [-0.1, -0.05) is 20.3 Å². The van der Waals surface area contributed by atoms with E-state index in [9.17, 15) is 24.3 Å². The van der Waals surface area contributed by atoms with Crippen LogP contribution in [0.25, 0.3) is 0 Å². The zero-order chi connectivity index (χ0) is 21.0. The molecule has 0 aliphatic carbocycles. The number of carboxylic acids is 1. The lowest BCUT2D eigenvalue weighted by Crippen LogP contribution is -2.55. The molecule has 11 heteroatoms. The molecular formula is C16H30N4O5S2. The van der Waals surface area contributed by atoms with E-state index in [1.807, 2.05) is 13.2 Å². The Hall–Kier alpha value is -1.46. The van der Waals surface area contributed by atoms with Crippen LogP contribution in [0, 0.1) is 5.92 Å². The second kappa shape index (κ2) is 13.7. The van der Waals surface area contributed by atoms with E-state index < -0.39 is 41.8 Å². The molecule has 0 aromatic rings. The summed E-state index contributed by atoms with van der Waals surface area (Å²) in [6, 6.07) is -2.76. The van der Waals surface area contributed by atoms with Crippen molar-refractivity contribution in [2.24, 2.45) is 11.7 Å². The molecule has 0 aliphatic rings. The highest BCUT2D eigenvalue weighted by Gasteiger charge is 2.29. The summed E-state index contributed by atoms with van der Waals surface area (Å²) in [7, 11) is 0. The zero-order valence-corrected chi connectivity index (χ0v) is 17.6. The van der Waals surface area contributed by atoms with Crippen LogP contribution in [0.5, 0.6) is 0 Å². The molecule has 9 nitrogen and oxygen atoms in total. The molecule has 0 bridgehead atoms. The van der Waals surface area contributed by atoms with Crippen molar-refractivity contribution in [3.63, 3.8) is 0 Å². The molecule has 0 aromatic carbocycles. The normalized spacial score (nSPS) is 15.1. The second-order valence-corrected chi connectivity index (χ2v) is 7.47. The largest absolute Gasteiger partial charge is 0.480 e. The van der Waals surface area contributed by atoms with Crippen molar-refractivity contribution >= 4 is 48.1 Å². The molecule has 0 saturated heterocycles. The Balaban J connectivity index is 4.89. The monoisotopic (exact) mass is 422 g/mol. The van der Waals surface area contributed by atoms with Crippen LogP contribution in [0.2, 0.25) is 0 Å². The van der Waals surface area contributed by atoms with Gasteiger partial charge in [-0.05, 0) is 24.3 Å². The van der Waals surface area contributed by atoms with E-state index in [-0.39, 0.29) is 18.2 Å². The van der Waals surface area contributed by atoms with Crippen molar-refractivity contribution in [2.45, 2.75) is 44.8 Å². The van der Waals surface area contributed by atoms with Crippen LogP contribution < -0.4 is 21.7 Å². The number of nitrogens with one attached hydrogen (secondary N) is 3. The summed E-state index contributed by atoms with van der Waals surface area (Å²) < 4.78 is 0. The van der Waals surface area contributed by atoms with Gasteiger partial charge in [-0.2, -0.15) is 24.4 Å². The second-order valence-electron chi connectivity index (χ2n) is 6.12. The molecule has 3 amide bonds. The molecule has 0 saturated carbocycles. The van der Waals surface area contributed by atoms with Crippen molar-refractivity contribution in [3.05, 3.63) is 0 Å². The number of carbonyl (C=O) groups excluding carboxylic acids is 3. The van der Waals surface area contributed by atoms with Gasteiger partial charge in [0.15, 0.2) is 0 Å². The van der Waals surface area contributed by atoms with Crippen LogP contribution in [0.4, 0.5) is 0 Å². The predicted molar refractivity (Wildman–Crippen MR) is 109 cm³/mol. The van der Waals surface area contributed by atoms with E-state index in [1.165, 1.54) is 11.8 Å². The summed E-state index contributed by atoms with van der Waals surface area (Å²) in [5.41, 5.74) is 5.50. The fraction of sp³-hybridized carbons (Fsp3) is 0.750. The molecule has 4 unspecified atom stereocenters. The summed E-state index contributed by atoms with van der Waals surface area (Å²) in [5.74, 6) is -2.30. The number of carbonyl (C=O) groups is 4. The molecular weight excluding hydrogens is 392 g/mol. The number of aliphatic carboxylic acids is 1. The van der Waals surface area contributed by atoms with Gasteiger partial charge in [0.05, 0.1) is 12.6 Å². The van der Waals surface area contributed by atoms with Gasteiger partial charge in [-0.25, -0.2) is 4.79 Å². The van der Waals surface area contributed by atoms with Crippen LogP contribution in [-0.4, -0.2) is 71.2 Å². The molecule has 4 atom stereocenters. The number of carboxylic acid groups (broad SMARTS) is 1. The average Bonchev–Trinajstić information content (AvgIpc) is 2.65. The number of nitrogens with two attached hydrogens (primary N) is 1. The van der Waals surface area contributed by atoms with Crippen LogP contribution in [-0.2, 0) is 19.2 Å². The van der Waals surface area contributed by atoms with Crippen molar-refractivity contribution in [2.75, 3.05) is 24.3 Å². The highest BCUT2D eigenvalue weighted by atomic mass is 32.2. The summed E-state index contributed by atoms with van der Waals surface area (Å²) in [4.78, 5) is 47.5. The van der Waals surface area contributed by atoms with Crippen molar-refractivity contribution < 1.29 is 24.3 Å². The Morgan fingerprint density at radius 3 is 2.30 bits per heavy atom. The molecule has 27 heavy (non-hydrogen) atoms. The molecule has 0 heterocycles. The first-order chi connectivity index (χ1) is 12.7. The average molecular weight is 423 g/mol. The summed E-state index contributed by atoms with van der Waals surface area (Å²) in [5, 5.41) is 16.7. The van der Waals surface area contributed by atoms with Crippen LogP contribution >= 0.6 is 24.4 Å². The minimum atomic E-state index is -1.12. The first-order valence-corrected chi connectivity index (χ1v) is 10.7. The predicted octanol–water partition coefficient (Wildman–Crippen LogP) is -0.787. The Kier molecular flexibility index (Phi) is 12.9. The van der Waals surface area contributed by atoms with Gasteiger partial charge in [0.1, 0.15) is 12.1 Å². The van der Waals surface area contributed by atoms with Gasteiger partial charge in [0, 0.05) is 5.75 Å². The fourth-order valence-corrected chi connectivity index (χ4v) is 2.71. The van der Waals surface area contributed by atoms with Gasteiger partial charge in [-0.3, -0.25) is 14.4 Å².